The summed E-state index contributed by atoms with van der Waals surface area (Å²) in [6.07, 6.45) is 2.48. The largest absolute Gasteiger partial charge is 0.466 e. The van der Waals surface area contributed by atoms with Crippen LogP contribution in [0.3, 0.4) is 0 Å². The zero-order chi connectivity index (χ0) is 8.85. The summed E-state index contributed by atoms with van der Waals surface area (Å²) in [5.41, 5.74) is 1.14. The van der Waals surface area contributed by atoms with Gasteiger partial charge in [-0.25, -0.2) is 4.79 Å². The number of rotatable bonds is 3. The first-order chi connectivity index (χ1) is 5.11. The molecule has 0 atom stereocenters. The van der Waals surface area contributed by atoms with E-state index in [1.165, 1.54) is 7.11 Å². The maximum Gasteiger partial charge on any atom is 0.330 e. The van der Waals surface area contributed by atoms with Crippen molar-refractivity contribution in [2.45, 2.75) is 27.2 Å². The molecule has 0 aromatic heterocycles. The molecule has 0 aliphatic heterocycles. The van der Waals surface area contributed by atoms with Gasteiger partial charge in [0.2, 0.25) is 0 Å². The highest BCUT2D eigenvalue weighted by Gasteiger charge is 2.03. The van der Waals surface area contributed by atoms with Crippen LogP contribution in [-0.2, 0) is 9.53 Å². The molecule has 0 aliphatic rings. The molecule has 0 radical (unpaired) electrons. The summed E-state index contributed by atoms with van der Waals surface area (Å²) in [4.78, 5) is 10.8. The van der Waals surface area contributed by atoms with Gasteiger partial charge in [0.25, 0.3) is 0 Å². The zero-order valence-corrected chi connectivity index (χ0v) is 7.68. The van der Waals surface area contributed by atoms with Crippen molar-refractivity contribution in [3.05, 3.63) is 11.6 Å². The van der Waals surface area contributed by atoms with Gasteiger partial charge in [-0.1, -0.05) is 26.3 Å². The fourth-order valence-electron chi connectivity index (χ4n) is 0.887. The van der Waals surface area contributed by atoms with Gasteiger partial charge in [-0.2, -0.15) is 0 Å². The lowest BCUT2D eigenvalue weighted by molar-refractivity contribution is -0.134. The Morgan fingerprint density at radius 3 is 2.36 bits per heavy atom. The van der Waals surface area contributed by atoms with Gasteiger partial charge in [0.1, 0.15) is 0 Å². The molecule has 0 unspecified atom stereocenters. The Bertz CT molecular complexity index is 157. The van der Waals surface area contributed by atoms with Crippen molar-refractivity contribution in [3.63, 3.8) is 0 Å². The topological polar surface area (TPSA) is 26.3 Å². The average Bonchev–Trinajstić information content (AvgIpc) is 1.99. The molecular weight excluding hydrogens is 140 g/mol. The first-order valence-corrected chi connectivity index (χ1v) is 3.90. The first-order valence-electron chi connectivity index (χ1n) is 3.90. The van der Waals surface area contributed by atoms with Crippen molar-refractivity contribution in [1.82, 2.24) is 0 Å². The fraction of sp³-hybridized carbons (Fsp3) is 0.667. The number of ether oxygens (including phenoxy) is 1. The van der Waals surface area contributed by atoms with E-state index in [1.54, 1.807) is 6.08 Å². The van der Waals surface area contributed by atoms with Gasteiger partial charge < -0.3 is 4.74 Å². The lowest BCUT2D eigenvalue weighted by Crippen LogP contribution is -2.00. The van der Waals surface area contributed by atoms with Gasteiger partial charge in [-0.05, 0) is 12.3 Å². The van der Waals surface area contributed by atoms with E-state index in [0.29, 0.717) is 5.92 Å². The summed E-state index contributed by atoms with van der Waals surface area (Å²) in [6.45, 7) is 6.17. The van der Waals surface area contributed by atoms with Crippen molar-refractivity contribution in [1.29, 1.82) is 0 Å². The summed E-state index contributed by atoms with van der Waals surface area (Å²) in [5.74, 6) is 0.176. The normalized spacial score (nSPS) is 11.9. The van der Waals surface area contributed by atoms with Crippen LogP contribution < -0.4 is 0 Å². The van der Waals surface area contributed by atoms with E-state index < -0.39 is 0 Å². The lowest BCUT2D eigenvalue weighted by Gasteiger charge is -2.06. The van der Waals surface area contributed by atoms with Crippen LogP contribution in [-0.4, -0.2) is 13.1 Å². The molecule has 0 aliphatic carbocycles. The molecular formula is C9H16O2. The van der Waals surface area contributed by atoms with E-state index in [2.05, 4.69) is 18.6 Å². The minimum Gasteiger partial charge on any atom is -0.466 e. The molecule has 0 fully saturated rings. The molecule has 0 amide bonds. The molecule has 0 saturated carbocycles. The van der Waals surface area contributed by atoms with Crippen molar-refractivity contribution in [2.24, 2.45) is 5.92 Å². The third-order valence-corrected chi connectivity index (χ3v) is 1.65. The van der Waals surface area contributed by atoms with E-state index in [4.69, 9.17) is 0 Å². The molecule has 2 nitrogen and oxygen atoms in total. The Morgan fingerprint density at radius 1 is 1.55 bits per heavy atom. The number of carbonyl (C=O) groups excluding carboxylic acids is 1. The van der Waals surface area contributed by atoms with Crippen LogP contribution in [0.5, 0.6) is 0 Å². The van der Waals surface area contributed by atoms with E-state index in [0.717, 1.165) is 12.0 Å². The molecule has 0 saturated heterocycles. The highest BCUT2D eigenvalue weighted by Crippen LogP contribution is 2.12. The molecule has 0 bridgehead atoms. The van der Waals surface area contributed by atoms with Gasteiger partial charge in [-0.15, -0.1) is 0 Å². The molecule has 0 spiro atoms. The Balaban J connectivity index is 4.23. The second-order valence-corrected chi connectivity index (χ2v) is 2.75. The molecule has 0 heterocycles. The number of hydrogen-bond acceptors (Lipinski definition) is 2. The number of hydrogen-bond donors (Lipinski definition) is 0. The predicted octanol–water partition coefficient (Wildman–Crippen LogP) is 2.15. The Hall–Kier alpha value is -0.790. The standard InChI is InChI=1S/C9H16O2/c1-5-8(7(2)3)6-9(10)11-4/h6-7H,5H2,1-4H3. The lowest BCUT2D eigenvalue weighted by atomic mass is 10.0. The van der Waals surface area contributed by atoms with Crippen molar-refractivity contribution < 1.29 is 9.53 Å². The first kappa shape index (κ1) is 10.2. The van der Waals surface area contributed by atoms with Crippen LogP contribution >= 0.6 is 0 Å². The second-order valence-electron chi connectivity index (χ2n) is 2.75. The SMILES string of the molecule is CCC(=CC(=O)OC)C(C)C. The Labute approximate surface area is 68.2 Å². The van der Waals surface area contributed by atoms with Crippen LogP contribution in [0.4, 0.5) is 0 Å². The molecule has 0 rings (SSSR count). The molecule has 0 N–H and O–H groups in total. The van der Waals surface area contributed by atoms with Gasteiger partial charge >= 0.3 is 5.97 Å². The van der Waals surface area contributed by atoms with Gasteiger partial charge in [-0.3, -0.25) is 0 Å². The van der Waals surface area contributed by atoms with Gasteiger partial charge in [0.15, 0.2) is 0 Å². The number of esters is 1. The van der Waals surface area contributed by atoms with E-state index in [1.807, 2.05) is 6.92 Å². The van der Waals surface area contributed by atoms with Crippen molar-refractivity contribution in [2.75, 3.05) is 7.11 Å². The van der Waals surface area contributed by atoms with E-state index >= 15 is 0 Å². The highest BCUT2D eigenvalue weighted by atomic mass is 16.5. The van der Waals surface area contributed by atoms with Gasteiger partial charge in [0, 0.05) is 6.08 Å². The number of carbonyl (C=O) groups is 1. The van der Waals surface area contributed by atoms with Crippen LogP contribution in [0.15, 0.2) is 11.6 Å². The third kappa shape index (κ3) is 3.81. The predicted molar refractivity (Wildman–Crippen MR) is 45.2 cm³/mol. The summed E-state index contributed by atoms with van der Waals surface area (Å²) in [6, 6.07) is 0. The average molecular weight is 156 g/mol. The van der Waals surface area contributed by atoms with E-state index in [-0.39, 0.29) is 5.97 Å². The molecule has 64 valence electrons. The monoisotopic (exact) mass is 156 g/mol. The van der Waals surface area contributed by atoms with Crippen LogP contribution in [0.2, 0.25) is 0 Å². The molecule has 0 aromatic rings. The maximum absolute atomic E-state index is 10.8. The molecule has 2 heteroatoms. The fourth-order valence-corrected chi connectivity index (χ4v) is 0.887. The minimum absolute atomic E-state index is 0.254. The Kier molecular flexibility index (Phi) is 4.59. The zero-order valence-electron chi connectivity index (χ0n) is 7.68. The van der Waals surface area contributed by atoms with Crippen molar-refractivity contribution >= 4 is 5.97 Å². The minimum atomic E-state index is -0.254. The van der Waals surface area contributed by atoms with Gasteiger partial charge in [0.05, 0.1) is 7.11 Å². The summed E-state index contributed by atoms with van der Waals surface area (Å²) in [5, 5.41) is 0. The summed E-state index contributed by atoms with van der Waals surface area (Å²) >= 11 is 0. The third-order valence-electron chi connectivity index (χ3n) is 1.65. The summed E-state index contributed by atoms with van der Waals surface area (Å²) in [7, 11) is 1.40. The molecule has 11 heavy (non-hydrogen) atoms. The van der Waals surface area contributed by atoms with Crippen LogP contribution in [0, 0.1) is 5.92 Å². The highest BCUT2D eigenvalue weighted by molar-refractivity contribution is 5.82. The van der Waals surface area contributed by atoms with Crippen LogP contribution in [0.1, 0.15) is 27.2 Å². The summed E-state index contributed by atoms with van der Waals surface area (Å²) < 4.78 is 4.52. The number of allylic oxidation sites excluding steroid dienone is 1. The smallest absolute Gasteiger partial charge is 0.330 e. The van der Waals surface area contributed by atoms with E-state index in [9.17, 15) is 4.79 Å². The number of methoxy groups -OCH3 is 1. The van der Waals surface area contributed by atoms with Crippen molar-refractivity contribution in [3.8, 4) is 0 Å². The molecule has 0 aromatic carbocycles. The second kappa shape index (κ2) is 4.94. The quantitative estimate of drug-likeness (QED) is 0.462. The van der Waals surface area contributed by atoms with Crippen LogP contribution in [0.25, 0.3) is 0 Å². The Morgan fingerprint density at radius 2 is 2.09 bits per heavy atom. The maximum atomic E-state index is 10.8.